The number of nitrogens with zero attached hydrogens (tertiary/aromatic N) is 4. The summed E-state index contributed by atoms with van der Waals surface area (Å²) in [6.07, 6.45) is 1.89. The number of para-hydroxylation sites is 2. The normalized spacial score (nSPS) is 18.5. The fourth-order valence-electron chi connectivity index (χ4n) is 4.21. The molecule has 2 heterocycles. The Kier molecular flexibility index (Phi) is 8.11. The molecule has 1 aromatic heterocycles. The van der Waals surface area contributed by atoms with Crippen LogP contribution in [0.1, 0.15) is 18.1 Å². The lowest BCUT2D eigenvalue weighted by Gasteiger charge is -2.21. The number of benzene rings is 2. The molecule has 0 aliphatic carbocycles. The van der Waals surface area contributed by atoms with Crippen LogP contribution >= 0.6 is 24.0 Å². The fraction of sp³-hybridized carbons (Fsp3) is 0.375. The number of hydrogen-bond donors (Lipinski definition) is 1. The van der Waals surface area contributed by atoms with E-state index in [1.165, 1.54) is 18.2 Å². The Hall–Kier alpha value is -2.62. The van der Waals surface area contributed by atoms with E-state index in [0.29, 0.717) is 13.1 Å². The highest BCUT2D eigenvalue weighted by molar-refractivity contribution is 14.0. The Labute approximate surface area is 205 Å². The number of imidazole rings is 1. The predicted molar refractivity (Wildman–Crippen MR) is 137 cm³/mol. The number of fused-ring (bicyclic) bond motifs is 1. The average molecular weight is 547 g/mol. The molecule has 4 rings (SSSR count). The van der Waals surface area contributed by atoms with Crippen LogP contribution in [0.15, 0.2) is 59.9 Å². The molecule has 170 valence electrons. The number of carbonyl (C=O) groups excluding carboxylic acids is 1. The van der Waals surface area contributed by atoms with Gasteiger partial charge in [-0.25, -0.2) is 4.98 Å². The minimum Gasteiger partial charge on any atom is -0.469 e. The molecule has 32 heavy (non-hydrogen) atoms. The lowest BCUT2D eigenvalue weighted by atomic mass is 9.99. The molecule has 0 saturated carbocycles. The van der Waals surface area contributed by atoms with E-state index in [9.17, 15) is 4.79 Å². The number of carbonyl (C=O) groups is 1. The van der Waals surface area contributed by atoms with E-state index in [0.717, 1.165) is 30.1 Å². The molecular weight excluding hydrogens is 517 g/mol. The van der Waals surface area contributed by atoms with Crippen molar-refractivity contribution in [3.05, 3.63) is 66.0 Å². The summed E-state index contributed by atoms with van der Waals surface area (Å²) in [5.74, 6) is 0.797. The van der Waals surface area contributed by atoms with Crippen molar-refractivity contribution in [2.45, 2.75) is 20.0 Å². The van der Waals surface area contributed by atoms with Gasteiger partial charge in [0, 0.05) is 33.2 Å². The Morgan fingerprint density at radius 3 is 2.59 bits per heavy atom. The molecule has 8 heteroatoms. The quantitative estimate of drug-likeness (QED) is 0.229. The van der Waals surface area contributed by atoms with Gasteiger partial charge in [0.25, 0.3) is 0 Å². The number of ether oxygens (including phenoxy) is 1. The highest BCUT2D eigenvalue weighted by Gasteiger charge is 2.36. The van der Waals surface area contributed by atoms with E-state index in [2.05, 4.69) is 62.0 Å². The summed E-state index contributed by atoms with van der Waals surface area (Å²) in [6.45, 7) is 4.96. The molecule has 3 aromatic rings. The van der Waals surface area contributed by atoms with E-state index in [1.807, 2.05) is 24.5 Å². The van der Waals surface area contributed by atoms with Crippen molar-refractivity contribution < 1.29 is 9.53 Å². The van der Waals surface area contributed by atoms with Gasteiger partial charge in [-0.3, -0.25) is 9.79 Å². The van der Waals surface area contributed by atoms with Crippen LogP contribution in [0.5, 0.6) is 0 Å². The van der Waals surface area contributed by atoms with Crippen molar-refractivity contribution in [2.75, 3.05) is 27.2 Å². The van der Waals surface area contributed by atoms with E-state index in [4.69, 9.17) is 4.74 Å². The number of aliphatic imine (C=N–C) groups is 1. The van der Waals surface area contributed by atoms with Gasteiger partial charge in [0.1, 0.15) is 0 Å². The van der Waals surface area contributed by atoms with Gasteiger partial charge in [-0.15, -0.1) is 24.0 Å². The van der Waals surface area contributed by atoms with Crippen LogP contribution in [-0.2, 0) is 22.6 Å². The third-order valence-electron chi connectivity index (χ3n) is 5.98. The average Bonchev–Trinajstić information content (AvgIpc) is 3.38. The van der Waals surface area contributed by atoms with Gasteiger partial charge in [-0.1, -0.05) is 43.3 Å². The van der Waals surface area contributed by atoms with Gasteiger partial charge < -0.3 is 19.5 Å². The van der Waals surface area contributed by atoms with Crippen molar-refractivity contribution in [2.24, 2.45) is 16.8 Å². The SMILES string of the molecule is CN=C(NCc1ccc(Cn2cnc3ccccc32)cc1)N1CC(C)C(C(=O)OC)C1.I. The van der Waals surface area contributed by atoms with E-state index in [1.54, 1.807) is 7.05 Å². The molecule has 1 saturated heterocycles. The van der Waals surface area contributed by atoms with E-state index in [-0.39, 0.29) is 41.8 Å². The summed E-state index contributed by atoms with van der Waals surface area (Å²) in [4.78, 5) is 23.0. The molecule has 1 aliphatic heterocycles. The topological polar surface area (TPSA) is 71.8 Å². The van der Waals surface area contributed by atoms with Crippen molar-refractivity contribution >= 4 is 46.9 Å². The summed E-state index contributed by atoms with van der Waals surface area (Å²) in [6, 6.07) is 16.7. The van der Waals surface area contributed by atoms with E-state index >= 15 is 0 Å². The van der Waals surface area contributed by atoms with Crippen LogP contribution in [-0.4, -0.2) is 53.6 Å². The molecule has 0 bridgehead atoms. The summed E-state index contributed by atoms with van der Waals surface area (Å²) in [5.41, 5.74) is 4.56. The Morgan fingerprint density at radius 1 is 1.16 bits per heavy atom. The first-order valence-corrected chi connectivity index (χ1v) is 10.6. The number of guanidine groups is 1. The van der Waals surface area contributed by atoms with Crippen LogP contribution in [0.4, 0.5) is 0 Å². The molecule has 0 radical (unpaired) electrons. The smallest absolute Gasteiger partial charge is 0.310 e. The Balaban J connectivity index is 0.00000289. The van der Waals surface area contributed by atoms with Crippen molar-refractivity contribution in [1.29, 1.82) is 0 Å². The number of halogens is 1. The number of methoxy groups -OCH3 is 1. The first-order valence-electron chi connectivity index (χ1n) is 10.6. The predicted octanol–water partition coefficient (Wildman–Crippen LogP) is 3.52. The van der Waals surface area contributed by atoms with Gasteiger partial charge in [0.05, 0.1) is 30.4 Å². The van der Waals surface area contributed by atoms with Crippen LogP contribution in [0, 0.1) is 11.8 Å². The lowest BCUT2D eigenvalue weighted by Crippen LogP contribution is -2.40. The third kappa shape index (κ3) is 5.23. The lowest BCUT2D eigenvalue weighted by molar-refractivity contribution is -0.145. The molecule has 0 amide bonds. The van der Waals surface area contributed by atoms with Crippen molar-refractivity contribution in [3.63, 3.8) is 0 Å². The number of aromatic nitrogens is 2. The zero-order valence-corrected chi connectivity index (χ0v) is 21.0. The molecule has 1 aliphatic rings. The molecule has 2 atom stereocenters. The monoisotopic (exact) mass is 547 g/mol. The zero-order chi connectivity index (χ0) is 21.8. The summed E-state index contributed by atoms with van der Waals surface area (Å²) in [5, 5.41) is 3.42. The third-order valence-corrected chi connectivity index (χ3v) is 5.98. The zero-order valence-electron chi connectivity index (χ0n) is 18.7. The van der Waals surface area contributed by atoms with Gasteiger partial charge >= 0.3 is 5.97 Å². The van der Waals surface area contributed by atoms with Gasteiger partial charge in [-0.2, -0.15) is 0 Å². The highest BCUT2D eigenvalue weighted by Crippen LogP contribution is 2.24. The molecule has 0 spiro atoms. The first-order chi connectivity index (χ1) is 15.1. The molecule has 7 nitrogen and oxygen atoms in total. The standard InChI is InChI=1S/C24H29N5O2.HI/c1-17-13-28(15-20(17)23(30)31-3)24(25-2)26-12-18-8-10-19(11-9-18)14-29-16-27-21-6-4-5-7-22(21)29;/h4-11,16-17,20H,12-15H2,1-3H3,(H,25,26);1H. The van der Waals surface area contributed by atoms with Crippen LogP contribution in [0.2, 0.25) is 0 Å². The molecule has 2 unspecified atom stereocenters. The second-order valence-corrected chi connectivity index (χ2v) is 8.09. The fourth-order valence-corrected chi connectivity index (χ4v) is 4.21. The van der Waals surface area contributed by atoms with Crippen LogP contribution in [0.3, 0.4) is 0 Å². The maximum Gasteiger partial charge on any atom is 0.310 e. The molecule has 1 N–H and O–H groups in total. The van der Waals surface area contributed by atoms with E-state index < -0.39 is 0 Å². The van der Waals surface area contributed by atoms with Crippen molar-refractivity contribution in [1.82, 2.24) is 19.8 Å². The Morgan fingerprint density at radius 2 is 1.88 bits per heavy atom. The van der Waals surface area contributed by atoms with Crippen molar-refractivity contribution in [3.8, 4) is 0 Å². The number of nitrogens with one attached hydrogen (secondary N) is 1. The number of hydrogen-bond acceptors (Lipinski definition) is 4. The largest absolute Gasteiger partial charge is 0.469 e. The van der Waals surface area contributed by atoms with Gasteiger partial charge in [0.2, 0.25) is 0 Å². The number of esters is 1. The maximum atomic E-state index is 12.0. The molecule has 2 aromatic carbocycles. The van der Waals surface area contributed by atoms with Crippen LogP contribution in [0.25, 0.3) is 11.0 Å². The summed E-state index contributed by atoms with van der Waals surface area (Å²) in [7, 11) is 3.22. The molecule has 1 fully saturated rings. The second-order valence-electron chi connectivity index (χ2n) is 8.09. The van der Waals surface area contributed by atoms with Gasteiger partial charge in [0.15, 0.2) is 5.96 Å². The Bertz CT molecular complexity index is 1080. The minimum absolute atomic E-state index is 0. The number of likely N-dealkylation sites (tertiary alicyclic amines) is 1. The summed E-state index contributed by atoms with van der Waals surface area (Å²) >= 11 is 0. The van der Waals surface area contributed by atoms with Crippen LogP contribution < -0.4 is 5.32 Å². The summed E-state index contributed by atoms with van der Waals surface area (Å²) < 4.78 is 7.10. The first kappa shape index (κ1) is 24.0. The highest BCUT2D eigenvalue weighted by atomic mass is 127. The van der Waals surface area contributed by atoms with Gasteiger partial charge in [-0.05, 0) is 29.2 Å². The number of rotatable bonds is 5. The molecular formula is C24H30IN5O2. The second kappa shape index (κ2) is 10.8. The maximum absolute atomic E-state index is 12.0. The minimum atomic E-state index is -0.147.